The summed E-state index contributed by atoms with van der Waals surface area (Å²) < 4.78 is 11.9. The first-order valence-electron chi connectivity index (χ1n) is 7.25. The van der Waals surface area contributed by atoms with Crippen molar-refractivity contribution in [2.24, 2.45) is 0 Å². The predicted molar refractivity (Wildman–Crippen MR) is 90.8 cm³/mol. The third kappa shape index (κ3) is 4.10. The number of halogens is 1. The Kier molecular flexibility index (Phi) is 5.61. The van der Waals surface area contributed by atoms with Gasteiger partial charge in [0.1, 0.15) is 11.5 Å². The Balaban J connectivity index is 2.18. The van der Waals surface area contributed by atoms with Crippen molar-refractivity contribution in [3.8, 4) is 11.5 Å². The second-order valence-electron chi connectivity index (χ2n) is 5.18. The molecule has 4 heteroatoms. The zero-order chi connectivity index (χ0) is 16.1. The molecule has 0 aliphatic heterocycles. The Bertz CT molecular complexity index is 648. The second-order valence-corrected chi connectivity index (χ2v) is 6.10. The first-order chi connectivity index (χ1) is 10.5. The van der Waals surface area contributed by atoms with Crippen LogP contribution in [0.2, 0.25) is 0 Å². The Hall–Kier alpha value is -1.81. The van der Waals surface area contributed by atoms with Crippen LogP contribution in [-0.4, -0.2) is 12.6 Å². The van der Waals surface area contributed by atoms with E-state index in [9.17, 15) is 4.79 Å². The molecule has 0 unspecified atom stereocenters. The molecule has 3 nitrogen and oxygen atoms in total. The SMILES string of the molecule is CCOc1ccc(C(=O)Oc2ccc(Br)cc2C(C)C)cc1. The molecule has 0 fully saturated rings. The van der Waals surface area contributed by atoms with Gasteiger partial charge in [-0.1, -0.05) is 29.8 Å². The number of ether oxygens (including phenoxy) is 2. The van der Waals surface area contributed by atoms with Crippen LogP contribution in [-0.2, 0) is 0 Å². The molecule has 0 spiro atoms. The van der Waals surface area contributed by atoms with Crippen LogP contribution in [0.1, 0.15) is 42.6 Å². The molecule has 0 N–H and O–H groups in total. The molecule has 0 saturated carbocycles. The van der Waals surface area contributed by atoms with Crippen molar-refractivity contribution in [2.45, 2.75) is 26.7 Å². The van der Waals surface area contributed by atoms with Crippen LogP contribution in [0.25, 0.3) is 0 Å². The van der Waals surface area contributed by atoms with Crippen LogP contribution >= 0.6 is 15.9 Å². The van der Waals surface area contributed by atoms with E-state index in [2.05, 4.69) is 29.8 Å². The van der Waals surface area contributed by atoms with Gasteiger partial charge >= 0.3 is 5.97 Å². The fourth-order valence-corrected chi connectivity index (χ4v) is 2.45. The van der Waals surface area contributed by atoms with E-state index in [0.29, 0.717) is 17.9 Å². The minimum Gasteiger partial charge on any atom is -0.494 e. The van der Waals surface area contributed by atoms with Crippen molar-refractivity contribution in [2.75, 3.05) is 6.61 Å². The van der Waals surface area contributed by atoms with Crippen molar-refractivity contribution in [1.82, 2.24) is 0 Å². The van der Waals surface area contributed by atoms with Gasteiger partial charge in [-0.25, -0.2) is 4.79 Å². The van der Waals surface area contributed by atoms with Crippen molar-refractivity contribution in [1.29, 1.82) is 0 Å². The monoisotopic (exact) mass is 362 g/mol. The summed E-state index contributed by atoms with van der Waals surface area (Å²) in [7, 11) is 0. The maximum absolute atomic E-state index is 12.3. The minimum atomic E-state index is -0.368. The number of carbonyl (C=O) groups is 1. The highest BCUT2D eigenvalue weighted by molar-refractivity contribution is 9.10. The predicted octanol–water partition coefficient (Wildman–Crippen LogP) is 5.19. The number of hydrogen-bond acceptors (Lipinski definition) is 3. The third-order valence-corrected chi connectivity index (χ3v) is 3.69. The third-order valence-electron chi connectivity index (χ3n) is 3.20. The summed E-state index contributed by atoms with van der Waals surface area (Å²) >= 11 is 3.44. The average molecular weight is 363 g/mol. The standard InChI is InChI=1S/C18H19BrO3/c1-4-21-15-8-5-13(6-9-15)18(20)22-17-10-7-14(19)11-16(17)12(2)3/h5-12H,4H2,1-3H3. The summed E-state index contributed by atoms with van der Waals surface area (Å²) in [6.45, 7) is 6.65. The van der Waals surface area contributed by atoms with Crippen molar-refractivity contribution >= 4 is 21.9 Å². The molecule has 0 bridgehead atoms. The lowest BCUT2D eigenvalue weighted by atomic mass is 10.0. The van der Waals surface area contributed by atoms with Gasteiger partial charge in [-0.2, -0.15) is 0 Å². The normalized spacial score (nSPS) is 10.6. The van der Waals surface area contributed by atoms with E-state index in [1.54, 1.807) is 24.3 Å². The lowest BCUT2D eigenvalue weighted by Crippen LogP contribution is -2.10. The van der Waals surface area contributed by atoms with Crippen LogP contribution in [0.5, 0.6) is 11.5 Å². The lowest BCUT2D eigenvalue weighted by molar-refractivity contribution is 0.0733. The highest BCUT2D eigenvalue weighted by Crippen LogP contribution is 2.30. The van der Waals surface area contributed by atoms with Gasteiger partial charge in [-0.05, 0) is 60.9 Å². The van der Waals surface area contributed by atoms with Crippen LogP contribution in [0, 0.1) is 0 Å². The van der Waals surface area contributed by atoms with E-state index in [0.717, 1.165) is 15.8 Å². The summed E-state index contributed by atoms with van der Waals surface area (Å²) in [6, 6.07) is 12.6. The minimum absolute atomic E-state index is 0.264. The summed E-state index contributed by atoms with van der Waals surface area (Å²) in [5.41, 5.74) is 1.50. The van der Waals surface area contributed by atoms with Crippen molar-refractivity contribution in [3.63, 3.8) is 0 Å². The van der Waals surface area contributed by atoms with E-state index in [1.807, 2.05) is 25.1 Å². The van der Waals surface area contributed by atoms with E-state index in [1.165, 1.54) is 0 Å². The van der Waals surface area contributed by atoms with Crippen LogP contribution in [0.15, 0.2) is 46.9 Å². The summed E-state index contributed by atoms with van der Waals surface area (Å²) in [5.74, 6) is 1.23. The highest BCUT2D eigenvalue weighted by atomic mass is 79.9. The molecule has 0 atom stereocenters. The topological polar surface area (TPSA) is 35.5 Å². The van der Waals surface area contributed by atoms with Crippen LogP contribution in [0.4, 0.5) is 0 Å². The molecule has 0 heterocycles. The molecule has 116 valence electrons. The molecule has 2 rings (SSSR count). The molecule has 2 aromatic rings. The lowest BCUT2D eigenvalue weighted by Gasteiger charge is -2.13. The molecule has 22 heavy (non-hydrogen) atoms. The summed E-state index contributed by atoms with van der Waals surface area (Å²) in [6.07, 6.45) is 0. The van der Waals surface area contributed by atoms with Gasteiger partial charge in [0.15, 0.2) is 0 Å². The summed E-state index contributed by atoms with van der Waals surface area (Å²) in [5, 5.41) is 0. The van der Waals surface area contributed by atoms with Gasteiger partial charge in [0.2, 0.25) is 0 Å². The van der Waals surface area contributed by atoms with Crippen LogP contribution < -0.4 is 9.47 Å². The molecular weight excluding hydrogens is 344 g/mol. The van der Waals surface area contributed by atoms with Gasteiger partial charge in [-0.15, -0.1) is 0 Å². The molecule has 0 saturated heterocycles. The van der Waals surface area contributed by atoms with Gasteiger partial charge in [0.05, 0.1) is 12.2 Å². The first kappa shape index (κ1) is 16.6. The van der Waals surface area contributed by atoms with Crippen molar-refractivity contribution < 1.29 is 14.3 Å². The zero-order valence-corrected chi connectivity index (χ0v) is 14.5. The molecule has 0 amide bonds. The van der Waals surface area contributed by atoms with Crippen LogP contribution in [0.3, 0.4) is 0 Å². The maximum Gasteiger partial charge on any atom is 0.343 e. The Morgan fingerprint density at radius 3 is 2.41 bits per heavy atom. The molecule has 0 aromatic heterocycles. The molecule has 0 aliphatic carbocycles. The van der Waals surface area contributed by atoms with E-state index in [-0.39, 0.29) is 11.9 Å². The number of hydrogen-bond donors (Lipinski definition) is 0. The fraction of sp³-hybridized carbons (Fsp3) is 0.278. The summed E-state index contributed by atoms with van der Waals surface area (Å²) in [4.78, 5) is 12.3. The Labute approximate surface area is 139 Å². The quantitative estimate of drug-likeness (QED) is 0.542. The number of benzene rings is 2. The smallest absolute Gasteiger partial charge is 0.343 e. The highest BCUT2D eigenvalue weighted by Gasteiger charge is 2.14. The molecule has 0 aliphatic rings. The fourth-order valence-electron chi connectivity index (χ4n) is 2.08. The first-order valence-corrected chi connectivity index (χ1v) is 8.05. The number of carbonyl (C=O) groups excluding carboxylic acids is 1. The Morgan fingerprint density at radius 1 is 1.14 bits per heavy atom. The van der Waals surface area contributed by atoms with Gasteiger partial charge in [0.25, 0.3) is 0 Å². The molecule has 2 aromatic carbocycles. The maximum atomic E-state index is 12.3. The second kappa shape index (κ2) is 7.45. The van der Waals surface area contributed by atoms with E-state index < -0.39 is 0 Å². The van der Waals surface area contributed by atoms with Crippen molar-refractivity contribution in [3.05, 3.63) is 58.1 Å². The van der Waals surface area contributed by atoms with Gasteiger partial charge in [-0.3, -0.25) is 0 Å². The zero-order valence-electron chi connectivity index (χ0n) is 12.9. The van der Waals surface area contributed by atoms with E-state index in [4.69, 9.17) is 9.47 Å². The molecule has 0 radical (unpaired) electrons. The van der Waals surface area contributed by atoms with Gasteiger partial charge < -0.3 is 9.47 Å². The Morgan fingerprint density at radius 2 is 1.82 bits per heavy atom. The van der Waals surface area contributed by atoms with E-state index >= 15 is 0 Å². The average Bonchev–Trinajstić information content (AvgIpc) is 2.50. The largest absolute Gasteiger partial charge is 0.494 e. The number of rotatable bonds is 5. The van der Waals surface area contributed by atoms with Gasteiger partial charge in [0, 0.05) is 4.47 Å². The number of esters is 1. The molecular formula is C18H19BrO3.